The van der Waals surface area contributed by atoms with Gasteiger partial charge in [0.15, 0.2) is 6.20 Å². The van der Waals surface area contributed by atoms with Gasteiger partial charge in [-0.2, -0.15) is 5.10 Å². The molecule has 2 aromatic rings. The lowest BCUT2D eigenvalue weighted by atomic mass is 10.8. The molecule has 2 heterocycles. The smallest absolute Gasteiger partial charge is 0.206 e. The number of nitrogens with zero attached hydrogens (tertiary/aromatic N) is 5. The number of aromatic nitrogens is 5. The van der Waals surface area contributed by atoms with Crippen LogP contribution in [0.2, 0.25) is 0 Å². The Hall–Kier alpha value is -1.52. The van der Waals surface area contributed by atoms with Crippen LogP contribution in [0, 0.1) is 6.20 Å². The van der Waals surface area contributed by atoms with Crippen molar-refractivity contribution in [2.45, 2.75) is 0 Å². The Labute approximate surface area is 50.3 Å². The molecule has 5 nitrogen and oxygen atoms in total. The van der Waals surface area contributed by atoms with Crippen molar-refractivity contribution in [3.63, 3.8) is 0 Å². The van der Waals surface area contributed by atoms with E-state index in [4.69, 9.17) is 0 Å². The molecule has 0 saturated carbocycles. The van der Waals surface area contributed by atoms with Crippen LogP contribution in [0.5, 0.6) is 0 Å². The molecule has 0 fully saturated rings. The van der Waals surface area contributed by atoms with E-state index in [0.29, 0.717) is 5.65 Å². The minimum atomic E-state index is 0.539. The lowest BCUT2D eigenvalue weighted by Crippen LogP contribution is -1.93. The van der Waals surface area contributed by atoms with Gasteiger partial charge in [0.1, 0.15) is 0 Å². The minimum Gasteiger partial charge on any atom is -0.232 e. The summed E-state index contributed by atoms with van der Waals surface area (Å²) in [5.74, 6) is 0. The molecular weight excluding hydrogens is 118 g/mol. The second-order valence-corrected chi connectivity index (χ2v) is 1.46. The Morgan fingerprint density at radius 1 is 1.44 bits per heavy atom. The van der Waals surface area contributed by atoms with Gasteiger partial charge in [-0.25, -0.2) is 4.98 Å². The standard InChI is InChI=1S/C4H2N5/c1-2-7-9-4(5-1)3-6-8-9/h1-2H. The highest BCUT2D eigenvalue weighted by Gasteiger charge is 1.91. The van der Waals surface area contributed by atoms with Gasteiger partial charge in [0.05, 0.1) is 6.20 Å². The van der Waals surface area contributed by atoms with Crippen LogP contribution < -0.4 is 0 Å². The molecule has 43 valence electrons. The minimum absolute atomic E-state index is 0.539. The van der Waals surface area contributed by atoms with E-state index in [9.17, 15) is 0 Å². The van der Waals surface area contributed by atoms with Gasteiger partial charge in [0, 0.05) is 6.20 Å². The third kappa shape index (κ3) is 0.543. The highest BCUT2D eigenvalue weighted by atomic mass is 15.5. The number of hydrogen-bond donors (Lipinski definition) is 0. The van der Waals surface area contributed by atoms with E-state index in [1.165, 1.54) is 10.8 Å². The molecule has 0 spiro atoms. The fraction of sp³-hybridized carbons (Fsp3) is 0. The van der Waals surface area contributed by atoms with Crippen molar-refractivity contribution in [3.05, 3.63) is 18.6 Å². The van der Waals surface area contributed by atoms with Gasteiger partial charge in [-0.05, 0) is 5.21 Å². The highest BCUT2D eigenvalue weighted by Crippen LogP contribution is 1.85. The molecule has 5 heteroatoms. The van der Waals surface area contributed by atoms with E-state index in [2.05, 4.69) is 26.6 Å². The zero-order valence-electron chi connectivity index (χ0n) is 4.39. The van der Waals surface area contributed by atoms with Crippen LogP contribution in [0.3, 0.4) is 0 Å². The largest absolute Gasteiger partial charge is 0.232 e. The van der Waals surface area contributed by atoms with Gasteiger partial charge in [-0.15, -0.1) is 9.73 Å². The maximum absolute atomic E-state index is 3.86. The van der Waals surface area contributed by atoms with Crippen molar-refractivity contribution in [2.24, 2.45) is 0 Å². The van der Waals surface area contributed by atoms with E-state index >= 15 is 0 Å². The first-order chi connectivity index (χ1) is 4.47. The summed E-state index contributed by atoms with van der Waals surface area (Å²) < 4.78 is 1.31. The molecule has 1 radical (unpaired) electrons. The Balaban J connectivity index is 2.95. The Morgan fingerprint density at radius 3 is 3.33 bits per heavy atom. The topological polar surface area (TPSA) is 56.0 Å². The van der Waals surface area contributed by atoms with Crippen molar-refractivity contribution in [1.29, 1.82) is 0 Å². The van der Waals surface area contributed by atoms with Gasteiger partial charge in [-0.3, -0.25) is 0 Å². The van der Waals surface area contributed by atoms with Gasteiger partial charge >= 0.3 is 0 Å². The van der Waals surface area contributed by atoms with E-state index < -0.39 is 0 Å². The van der Waals surface area contributed by atoms with Crippen LogP contribution in [0.15, 0.2) is 12.4 Å². The van der Waals surface area contributed by atoms with E-state index in [-0.39, 0.29) is 0 Å². The van der Waals surface area contributed by atoms with Crippen LogP contribution in [0.1, 0.15) is 0 Å². The molecule has 0 aliphatic carbocycles. The molecule has 0 saturated heterocycles. The predicted molar refractivity (Wildman–Crippen MR) is 27.4 cm³/mol. The molecule has 2 aromatic heterocycles. The summed E-state index contributed by atoms with van der Waals surface area (Å²) in [5, 5.41) is 10.8. The summed E-state index contributed by atoms with van der Waals surface area (Å²) in [6.45, 7) is 0. The summed E-state index contributed by atoms with van der Waals surface area (Å²) in [4.78, 5) is 3.86. The zero-order valence-corrected chi connectivity index (χ0v) is 4.39. The molecule has 0 N–H and O–H groups in total. The molecular formula is C4H2N5. The third-order valence-electron chi connectivity index (χ3n) is 0.908. The first-order valence-electron chi connectivity index (χ1n) is 2.37. The summed E-state index contributed by atoms with van der Waals surface area (Å²) in [6.07, 6.45) is 5.65. The van der Waals surface area contributed by atoms with E-state index in [1.54, 1.807) is 6.20 Å². The summed E-state index contributed by atoms with van der Waals surface area (Å²) >= 11 is 0. The second-order valence-electron chi connectivity index (χ2n) is 1.46. The van der Waals surface area contributed by atoms with Crippen LogP contribution >= 0.6 is 0 Å². The van der Waals surface area contributed by atoms with Gasteiger partial charge in [-0.1, -0.05) is 0 Å². The summed E-state index contributed by atoms with van der Waals surface area (Å²) in [7, 11) is 0. The molecule has 9 heavy (non-hydrogen) atoms. The Bertz CT molecular complexity index is 283. The van der Waals surface area contributed by atoms with Crippen molar-refractivity contribution in [3.8, 4) is 0 Å². The molecule has 0 unspecified atom stereocenters. The molecule has 0 amide bonds. The Kier molecular flexibility index (Phi) is 0.717. The normalized spacial score (nSPS) is 10.2. The quantitative estimate of drug-likeness (QED) is 0.462. The summed E-state index contributed by atoms with van der Waals surface area (Å²) in [5.41, 5.74) is 0.539. The molecule has 0 atom stereocenters. The fourth-order valence-electron chi connectivity index (χ4n) is 0.552. The number of hydrogen-bond acceptors (Lipinski definition) is 4. The first kappa shape index (κ1) is 4.37. The average molecular weight is 120 g/mol. The lowest BCUT2D eigenvalue weighted by molar-refractivity contribution is 0.732. The maximum Gasteiger partial charge on any atom is 0.206 e. The zero-order chi connectivity index (χ0) is 6.10. The van der Waals surface area contributed by atoms with Crippen LogP contribution in [-0.4, -0.2) is 25.0 Å². The first-order valence-corrected chi connectivity index (χ1v) is 2.37. The van der Waals surface area contributed by atoms with Crippen molar-refractivity contribution in [2.75, 3.05) is 0 Å². The second kappa shape index (κ2) is 1.48. The summed E-state index contributed by atoms with van der Waals surface area (Å²) in [6, 6.07) is 0. The molecule has 0 aromatic carbocycles. The molecule has 2 rings (SSSR count). The monoisotopic (exact) mass is 120 g/mol. The predicted octanol–water partition coefficient (Wildman–Crippen LogP) is -0.681. The van der Waals surface area contributed by atoms with Crippen molar-refractivity contribution >= 4 is 5.65 Å². The average Bonchev–Trinajstić information content (AvgIpc) is 2.33. The maximum atomic E-state index is 3.86. The molecule has 0 bridgehead atoms. The van der Waals surface area contributed by atoms with E-state index in [1.807, 2.05) is 0 Å². The molecule has 0 aliphatic heterocycles. The van der Waals surface area contributed by atoms with Crippen LogP contribution in [-0.2, 0) is 0 Å². The van der Waals surface area contributed by atoms with Gasteiger partial charge < -0.3 is 0 Å². The van der Waals surface area contributed by atoms with Crippen LogP contribution in [0.4, 0.5) is 0 Å². The van der Waals surface area contributed by atoms with Crippen molar-refractivity contribution < 1.29 is 0 Å². The lowest BCUT2D eigenvalue weighted by Gasteiger charge is -1.82. The Morgan fingerprint density at radius 2 is 2.44 bits per heavy atom. The number of rotatable bonds is 0. The van der Waals surface area contributed by atoms with Crippen LogP contribution in [0.25, 0.3) is 5.65 Å². The molecule has 0 aliphatic rings. The van der Waals surface area contributed by atoms with Gasteiger partial charge in [0.2, 0.25) is 5.65 Å². The SMILES string of the molecule is [c]1nnn2nccnc12. The van der Waals surface area contributed by atoms with E-state index in [0.717, 1.165) is 0 Å². The van der Waals surface area contributed by atoms with Crippen molar-refractivity contribution in [1.82, 2.24) is 25.0 Å². The highest BCUT2D eigenvalue weighted by molar-refractivity contribution is 5.27. The number of fused-ring (bicyclic) bond motifs is 1. The fourth-order valence-corrected chi connectivity index (χ4v) is 0.552. The van der Waals surface area contributed by atoms with Gasteiger partial charge in [0.25, 0.3) is 0 Å². The third-order valence-corrected chi connectivity index (χ3v) is 0.908.